The van der Waals surface area contributed by atoms with Gasteiger partial charge < -0.3 is 9.80 Å². The van der Waals surface area contributed by atoms with Crippen LogP contribution in [-0.2, 0) is 4.79 Å². The van der Waals surface area contributed by atoms with Gasteiger partial charge in [-0.05, 0) is 48.9 Å². The SMILES string of the molecule is CCCN(C(=O)/C=C/c1cccs1)C1CCN(C(=O)c2ccccc2)CC1. The van der Waals surface area contributed by atoms with Crippen LogP contribution < -0.4 is 0 Å². The van der Waals surface area contributed by atoms with E-state index in [9.17, 15) is 9.59 Å². The zero-order valence-electron chi connectivity index (χ0n) is 15.7. The fraction of sp³-hybridized carbons (Fsp3) is 0.364. The fourth-order valence-corrected chi connectivity index (χ4v) is 4.11. The van der Waals surface area contributed by atoms with Gasteiger partial charge in [-0.25, -0.2) is 0 Å². The molecule has 1 aromatic carbocycles. The van der Waals surface area contributed by atoms with E-state index in [1.807, 2.05) is 63.7 Å². The number of benzene rings is 1. The second-order valence-corrected chi connectivity index (χ2v) is 7.75. The summed E-state index contributed by atoms with van der Waals surface area (Å²) in [5, 5.41) is 2.01. The maximum atomic E-state index is 12.7. The van der Waals surface area contributed by atoms with Gasteiger partial charge >= 0.3 is 0 Å². The van der Waals surface area contributed by atoms with Crippen LogP contribution in [-0.4, -0.2) is 47.3 Å². The van der Waals surface area contributed by atoms with Crippen molar-refractivity contribution >= 4 is 29.2 Å². The third-order valence-electron chi connectivity index (χ3n) is 4.89. The Bertz CT molecular complexity index is 763. The number of hydrogen-bond donors (Lipinski definition) is 0. The predicted octanol–water partition coefficient (Wildman–Crippen LogP) is 4.30. The number of hydrogen-bond acceptors (Lipinski definition) is 3. The van der Waals surface area contributed by atoms with Crippen molar-refractivity contribution in [1.82, 2.24) is 9.80 Å². The van der Waals surface area contributed by atoms with Crippen LogP contribution in [0.4, 0.5) is 0 Å². The Morgan fingerprint density at radius 1 is 1.15 bits per heavy atom. The summed E-state index contributed by atoms with van der Waals surface area (Å²) in [5.41, 5.74) is 0.733. The topological polar surface area (TPSA) is 40.6 Å². The third kappa shape index (κ3) is 5.07. The largest absolute Gasteiger partial charge is 0.338 e. The lowest BCUT2D eigenvalue weighted by Crippen LogP contribution is -2.48. The Morgan fingerprint density at radius 3 is 2.52 bits per heavy atom. The molecule has 0 atom stereocenters. The highest BCUT2D eigenvalue weighted by molar-refractivity contribution is 7.10. The molecule has 5 heteroatoms. The van der Waals surface area contributed by atoms with E-state index in [2.05, 4.69) is 6.92 Å². The van der Waals surface area contributed by atoms with E-state index in [1.54, 1.807) is 17.4 Å². The minimum Gasteiger partial charge on any atom is -0.338 e. The van der Waals surface area contributed by atoms with Gasteiger partial charge in [-0.2, -0.15) is 0 Å². The molecule has 2 heterocycles. The van der Waals surface area contributed by atoms with Gasteiger partial charge in [0.05, 0.1) is 0 Å². The molecule has 1 aliphatic rings. The molecule has 4 nitrogen and oxygen atoms in total. The van der Waals surface area contributed by atoms with Gasteiger partial charge in [0, 0.05) is 42.2 Å². The van der Waals surface area contributed by atoms with E-state index >= 15 is 0 Å². The van der Waals surface area contributed by atoms with E-state index in [-0.39, 0.29) is 17.9 Å². The summed E-state index contributed by atoms with van der Waals surface area (Å²) in [6.45, 7) is 4.24. The zero-order valence-corrected chi connectivity index (χ0v) is 16.5. The minimum atomic E-state index is 0.0677. The minimum absolute atomic E-state index is 0.0677. The molecule has 1 aromatic heterocycles. The lowest BCUT2D eigenvalue weighted by atomic mass is 10.0. The Morgan fingerprint density at radius 2 is 1.89 bits per heavy atom. The zero-order chi connectivity index (χ0) is 19.1. The predicted molar refractivity (Wildman–Crippen MR) is 111 cm³/mol. The number of amides is 2. The highest BCUT2D eigenvalue weighted by Gasteiger charge is 2.28. The van der Waals surface area contributed by atoms with Gasteiger partial charge in [0.15, 0.2) is 0 Å². The van der Waals surface area contributed by atoms with Crippen molar-refractivity contribution in [2.75, 3.05) is 19.6 Å². The summed E-state index contributed by atoms with van der Waals surface area (Å²) in [6, 6.07) is 13.6. The highest BCUT2D eigenvalue weighted by atomic mass is 32.1. The number of thiophene rings is 1. The summed E-state index contributed by atoms with van der Waals surface area (Å²) in [7, 11) is 0. The second kappa shape index (κ2) is 9.51. The van der Waals surface area contributed by atoms with Crippen LogP contribution in [0.15, 0.2) is 53.9 Å². The normalized spacial score (nSPS) is 15.2. The number of carbonyl (C=O) groups excluding carboxylic acids is 2. The lowest BCUT2D eigenvalue weighted by molar-refractivity contribution is -0.129. The molecule has 1 aliphatic heterocycles. The molecule has 27 heavy (non-hydrogen) atoms. The van der Waals surface area contributed by atoms with Gasteiger partial charge in [-0.15, -0.1) is 11.3 Å². The van der Waals surface area contributed by atoms with Crippen LogP contribution in [0.25, 0.3) is 6.08 Å². The molecule has 142 valence electrons. The van der Waals surface area contributed by atoms with Crippen LogP contribution in [0.2, 0.25) is 0 Å². The molecule has 0 radical (unpaired) electrons. The monoisotopic (exact) mass is 382 g/mol. The quantitative estimate of drug-likeness (QED) is 0.699. The smallest absolute Gasteiger partial charge is 0.253 e. The summed E-state index contributed by atoms with van der Waals surface area (Å²) in [5.74, 6) is 0.151. The van der Waals surface area contributed by atoms with Gasteiger partial charge in [-0.3, -0.25) is 9.59 Å². The molecule has 0 saturated carbocycles. The Hall–Kier alpha value is -2.40. The molecule has 1 fully saturated rings. The second-order valence-electron chi connectivity index (χ2n) is 6.77. The summed E-state index contributed by atoms with van der Waals surface area (Å²) in [4.78, 5) is 30.3. The third-order valence-corrected chi connectivity index (χ3v) is 5.73. The molecule has 2 amide bonds. The van der Waals surface area contributed by atoms with Gasteiger partial charge in [0.2, 0.25) is 5.91 Å². The molecule has 3 rings (SSSR count). The number of likely N-dealkylation sites (tertiary alicyclic amines) is 1. The van der Waals surface area contributed by atoms with Crippen molar-refractivity contribution in [3.8, 4) is 0 Å². The summed E-state index contributed by atoms with van der Waals surface area (Å²) >= 11 is 1.63. The molecule has 0 N–H and O–H groups in total. The first kappa shape index (κ1) is 19.4. The molecule has 0 bridgehead atoms. The van der Waals surface area contributed by atoms with E-state index in [1.165, 1.54) is 0 Å². The molecule has 0 spiro atoms. The molecular formula is C22H26N2O2S. The standard InChI is InChI=1S/C22H26N2O2S/c1-2-14-24(21(25)11-10-20-9-6-17-27-20)19-12-15-23(16-13-19)22(26)18-7-4-3-5-8-18/h3-11,17,19H,2,12-16H2,1H3/b11-10+. The molecular weight excluding hydrogens is 356 g/mol. The maximum Gasteiger partial charge on any atom is 0.253 e. The van der Waals surface area contributed by atoms with Crippen molar-refractivity contribution in [1.29, 1.82) is 0 Å². The number of piperidine rings is 1. The average Bonchev–Trinajstić information content (AvgIpc) is 3.24. The van der Waals surface area contributed by atoms with Crippen molar-refractivity contribution in [3.63, 3.8) is 0 Å². The van der Waals surface area contributed by atoms with Crippen LogP contribution in [0.5, 0.6) is 0 Å². The van der Waals surface area contributed by atoms with Crippen molar-refractivity contribution < 1.29 is 9.59 Å². The number of rotatable bonds is 6. The highest BCUT2D eigenvalue weighted by Crippen LogP contribution is 2.20. The van der Waals surface area contributed by atoms with Gasteiger partial charge in [0.1, 0.15) is 0 Å². The molecule has 2 aromatic rings. The van der Waals surface area contributed by atoms with Gasteiger partial charge in [-0.1, -0.05) is 31.2 Å². The Balaban J connectivity index is 1.59. The Labute approximate surface area is 165 Å². The molecule has 0 unspecified atom stereocenters. The van der Waals surface area contributed by atoms with Crippen molar-refractivity contribution in [2.45, 2.75) is 32.2 Å². The lowest BCUT2D eigenvalue weighted by Gasteiger charge is -2.38. The van der Waals surface area contributed by atoms with Crippen molar-refractivity contribution in [2.24, 2.45) is 0 Å². The van der Waals surface area contributed by atoms with E-state index < -0.39 is 0 Å². The summed E-state index contributed by atoms with van der Waals surface area (Å²) in [6.07, 6.45) is 6.17. The summed E-state index contributed by atoms with van der Waals surface area (Å²) < 4.78 is 0. The van der Waals surface area contributed by atoms with Crippen LogP contribution in [0.1, 0.15) is 41.4 Å². The first-order chi connectivity index (χ1) is 13.2. The van der Waals surface area contributed by atoms with Gasteiger partial charge in [0.25, 0.3) is 5.91 Å². The maximum absolute atomic E-state index is 12.7. The van der Waals surface area contributed by atoms with Crippen LogP contribution >= 0.6 is 11.3 Å². The van der Waals surface area contributed by atoms with E-state index in [0.717, 1.165) is 36.2 Å². The average molecular weight is 383 g/mol. The van der Waals surface area contributed by atoms with E-state index in [4.69, 9.17) is 0 Å². The van der Waals surface area contributed by atoms with E-state index in [0.29, 0.717) is 13.1 Å². The first-order valence-corrected chi connectivity index (χ1v) is 10.4. The Kier molecular flexibility index (Phi) is 6.82. The molecule has 0 aliphatic carbocycles. The number of carbonyl (C=O) groups is 2. The number of nitrogens with zero attached hydrogens (tertiary/aromatic N) is 2. The molecule has 1 saturated heterocycles. The van der Waals surface area contributed by atoms with Crippen LogP contribution in [0.3, 0.4) is 0 Å². The van der Waals surface area contributed by atoms with Crippen LogP contribution in [0, 0.1) is 0 Å². The van der Waals surface area contributed by atoms with Crippen molar-refractivity contribution in [3.05, 3.63) is 64.4 Å². The first-order valence-electron chi connectivity index (χ1n) is 9.55. The fourth-order valence-electron chi connectivity index (χ4n) is 3.49.